The van der Waals surface area contributed by atoms with Crippen molar-refractivity contribution in [2.75, 3.05) is 26.2 Å². The number of nitrogens with one attached hydrogen (secondary N) is 1. The molecule has 21 heavy (non-hydrogen) atoms. The average Bonchev–Trinajstić information content (AvgIpc) is 2.46. The minimum absolute atomic E-state index is 0.110. The molecule has 0 radical (unpaired) electrons. The second-order valence-corrected chi connectivity index (χ2v) is 6.61. The molecule has 0 aromatic heterocycles. The van der Waals surface area contributed by atoms with Crippen LogP contribution in [0.3, 0.4) is 0 Å². The van der Waals surface area contributed by atoms with Crippen molar-refractivity contribution in [3.8, 4) is 0 Å². The van der Waals surface area contributed by atoms with Gasteiger partial charge in [-0.2, -0.15) is 0 Å². The van der Waals surface area contributed by atoms with Gasteiger partial charge in [0.1, 0.15) is 6.23 Å². The van der Waals surface area contributed by atoms with Gasteiger partial charge in [0, 0.05) is 0 Å². The van der Waals surface area contributed by atoms with Crippen LogP contribution in [0, 0.1) is 0 Å². The van der Waals surface area contributed by atoms with Gasteiger partial charge in [0.2, 0.25) is 0 Å². The molecule has 0 saturated carbocycles. The normalized spacial score (nSPS) is 13.7. The van der Waals surface area contributed by atoms with Gasteiger partial charge in [0.05, 0.1) is 0 Å². The number of nitrogens with zero attached hydrogens (tertiary/aromatic N) is 1. The molecule has 2 N–H and O–H groups in total. The smallest absolute Gasteiger partial charge is 0.131 e. The Morgan fingerprint density at radius 1 is 1.19 bits per heavy atom. The maximum absolute atomic E-state index is 10.3. The van der Waals surface area contributed by atoms with Crippen molar-refractivity contribution in [2.45, 2.75) is 52.7 Å². The Balaban J connectivity index is 2.47. The van der Waals surface area contributed by atoms with Gasteiger partial charge in [-0.1, -0.05) is 58.9 Å². The highest BCUT2D eigenvalue weighted by atomic mass is 16.3. The molecule has 0 aliphatic heterocycles. The Morgan fingerprint density at radius 2 is 1.86 bits per heavy atom. The summed E-state index contributed by atoms with van der Waals surface area (Å²) >= 11 is 0. The van der Waals surface area contributed by atoms with Crippen molar-refractivity contribution in [1.82, 2.24) is 10.2 Å². The Kier molecular flexibility index (Phi) is 7.36. The first-order chi connectivity index (χ1) is 9.88. The summed E-state index contributed by atoms with van der Waals surface area (Å²) in [6.07, 6.45) is 0.474. The predicted octanol–water partition coefficient (Wildman–Crippen LogP) is 3.30. The number of benzene rings is 1. The maximum atomic E-state index is 10.3. The molecular weight excluding hydrogens is 260 g/mol. The van der Waals surface area contributed by atoms with Gasteiger partial charge < -0.3 is 10.0 Å². The highest BCUT2D eigenvalue weighted by Gasteiger charge is 2.15. The minimum atomic E-state index is -0.580. The molecule has 0 aliphatic rings. The van der Waals surface area contributed by atoms with Crippen LogP contribution in [0.2, 0.25) is 0 Å². The van der Waals surface area contributed by atoms with E-state index in [1.54, 1.807) is 0 Å². The fourth-order valence-electron chi connectivity index (χ4n) is 2.37. The van der Waals surface area contributed by atoms with E-state index in [0.29, 0.717) is 0 Å². The molecular formula is C18H32N2O. The summed E-state index contributed by atoms with van der Waals surface area (Å²) in [7, 11) is 0. The van der Waals surface area contributed by atoms with Gasteiger partial charge in [0.25, 0.3) is 0 Å². The van der Waals surface area contributed by atoms with Crippen molar-refractivity contribution in [2.24, 2.45) is 0 Å². The summed E-state index contributed by atoms with van der Waals surface area (Å²) in [5.74, 6) is 0. The molecule has 3 heteroatoms. The van der Waals surface area contributed by atoms with Crippen LogP contribution < -0.4 is 5.32 Å². The molecule has 1 unspecified atom stereocenters. The molecule has 0 aliphatic carbocycles. The van der Waals surface area contributed by atoms with Gasteiger partial charge in [-0.3, -0.25) is 5.32 Å². The number of hydrogen-bond donors (Lipinski definition) is 2. The molecule has 0 fully saturated rings. The fourth-order valence-corrected chi connectivity index (χ4v) is 2.37. The molecule has 0 amide bonds. The minimum Gasteiger partial charge on any atom is -0.374 e. The lowest BCUT2D eigenvalue weighted by atomic mass is 9.86. The highest BCUT2D eigenvalue weighted by molar-refractivity contribution is 5.29. The van der Waals surface area contributed by atoms with E-state index >= 15 is 0 Å². The van der Waals surface area contributed by atoms with Crippen LogP contribution in [0.15, 0.2) is 24.3 Å². The van der Waals surface area contributed by atoms with Crippen LogP contribution in [-0.2, 0) is 5.41 Å². The standard InChI is InChI=1S/C18H32N2O/c1-6-20(7-2)13-9-12-19-17(21)15-10-8-11-16(14-15)18(3,4)5/h8,10-11,14,17,19,21H,6-7,9,12-13H2,1-5H3. The molecule has 120 valence electrons. The van der Waals surface area contributed by atoms with E-state index in [4.69, 9.17) is 0 Å². The quantitative estimate of drug-likeness (QED) is 0.570. The number of aliphatic hydroxyl groups is 1. The second-order valence-electron chi connectivity index (χ2n) is 6.61. The summed E-state index contributed by atoms with van der Waals surface area (Å²) in [6.45, 7) is 15.0. The Labute approximate surface area is 130 Å². The molecule has 1 aromatic rings. The summed E-state index contributed by atoms with van der Waals surface area (Å²) < 4.78 is 0. The van der Waals surface area contributed by atoms with E-state index in [1.165, 1.54) is 5.56 Å². The first-order valence-corrected chi connectivity index (χ1v) is 8.12. The van der Waals surface area contributed by atoms with Crippen molar-refractivity contribution >= 4 is 0 Å². The zero-order valence-corrected chi connectivity index (χ0v) is 14.3. The third-order valence-corrected chi connectivity index (χ3v) is 3.95. The number of hydrogen-bond acceptors (Lipinski definition) is 3. The zero-order valence-electron chi connectivity index (χ0n) is 14.3. The lowest BCUT2D eigenvalue weighted by Crippen LogP contribution is -2.29. The fraction of sp³-hybridized carbons (Fsp3) is 0.667. The van der Waals surface area contributed by atoms with Crippen LogP contribution in [0.1, 0.15) is 58.4 Å². The Hall–Kier alpha value is -0.900. The zero-order chi connectivity index (χ0) is 15.9. The van der Waals surface area contributed by atoms with E-state index < -0.39 is 6.23 Å². The average molecular weight is 292 g/mol. The topological polar surface area (TPSA) is 35.5 Å². The predicted molar refractivity (Wildman–Crippen MR) is 90.5 cm³/mol. The van der Waals surface area contributed by atoms with Crippen LogP contribution in [0.25, 0.3) is 0 Å². The van der Waals surface area contributed by atoms with Crippen molar-refractivity contribution in [3.05, 3.63) is 35.4 Å². The van der Waals surface area contributed by atoms with Crippen molar-refractivity contribution in [1.29, 1.82) is 0 Å². The highest BCUT2D eigenvalue weighted by Crippen LogP contribution is 2.24. The maximum Gasteiger partial charge on any atom is 0.131 e. The monoisotopic (exact) mass is 292 g/mol. The van der Waals surface area contributed by atoms with Crippen molar-refractivity contribution < 1.29 is 5.11 Å². The lowest BCUT2D eigenvalue weighted by Gasteiger charge is -2.22. The van der Waals surface area contributed by atoms with Gasteiger partial charge in [-0.15, -0.1) is 0 Å². The van der Waals surface area contributed by atoms with Crippen molar-refractivity contribution in [3.63, 3.8) is 0 Å². The van der Waals surface area contributed by atoms with E-state index in [-0.39, 0.29) is 5.41 Å². The third-order valence-electron chi connectivity index (χ3n) is 3.95. The molecule has 0 heterocycles. The molecule has 1 rings (SSSR count). The summed E-state index contributed by atoms with van der Waals surface area (Å²) in [4.78, 5) is 2.40. The first-order valence-electron chi connectivity index (χ1n) is 8.12. The number of aliphatic hydroxyl groups excluding tert-OH is 1. The molecule has 1 atom stereocenters. The van der Waals surface area contributed by atoms with Crippen LogP contribution in [0.4, 0.5) is 0 Å². The molecule has 1 aromatic carbocycles. The van der Waals surface area contributed by atoms with Crippen LogP contribution in [0.5, 0.6) is 0 Å². The van der Waals surface area contributed by atoms with E-state index in [1.807, 2.05) is 12.1 Å². The molecule has 0 saturated heterocycles. The molecule has 0 spiro atoms. The summed E-state index contributed by atoms with van der Waals surface area (Å²) in [5.41, 5.74) is 2.31. The van der Waals surface area contributed by atoms with Crippen LogP contribution >= 0.6 is 0 Å². The largest absolute Gasteiger partial charge is 0.374 e. The van der Waals surface area contributed by atoms with E-state index in [9.17, 15) is 5.11 Å². The molecule has 3 nitrogen and oxygen atoms in total. The summed E-state index contributed by atoms with van der Waals surface area (Å²) in [6, 6.07) is 8.23. The summed E-state index contributed by atoms with van der Waals surface area (Å²) in [5, 5.41) is 13.5. The van der Waals surface area contributed by atoms with Gasteiger partial charge >= 0.3 is 0 Å². The molecule has 0 bridgehead atoms. The number of rotatable bonds is 8. The van der Waals surface area contributed by atoms with Gasteiger partial charge in [0.15, 0.2) is 0 Å². The third kappa shape index (κ3) is 6.16. The lowest BCUT2D eigenvalue weighted by molar-refractivity contribution is 0.137. The van der Waals surface area contributed by atoms with E-state index in [2.05, 4.69) is 57.0 Å². The Morgan fingerprint density at radius 3 is 2.43 bits per heavy atom. The van der Waals surface area contributed by atoms with Gasteiger partial charge in [-0.25, -0.2) is 0 Å². The van der Waals surface area contributed by atoms with E-state index in [0.717, 1.165) is 38.2 Å². The second kappa shape index (κ2) is 8.52. The Bertz CT molecular complexity index is 408. The van der Waals surface area contributed by atoms with Gasteiger partial charge in [-0.05, 0) is 49.1 Å². The van der Waals surface area contributed by atoms with Crippen LogP contribution in [-0.4, -0.2) is 36.2 Å². The SMILES string of the molecule is CCN(CC)CCCNC(O)c1cccc(C(C)(C)C)c1. The first kappa shape index (κ1) is 18.1.